The number of anilines is 1. The van der Waals surface area contributed by atoms with Crippen molar-refractivity contribution in [3.63, 3.8) is 0 Å². The van der Waals surface area contributed by atoms with Crippen molar-refractivity contribution in [1.82, 2.24) is 4.98 Å². The zero-order valence-corrected chi connectivity index (χ0v) is 11.8. The van der Waals surface area contributed by atoms with Gasteiger partial charge in [-0.1, -0.05) is 0 Å². The van der Waals surface area contributed by atoms with Crippen LogP contribution in [0, 0.1) is 24.1 Å². The van der Waals surface area contributed by atoms with E-state index in [2.05, 4.69) is 26.2 Å². The summed E-state index contributed by atoms with van der Waals surface area (Å²) in [5.74, 6) is 0.336. The molecule has 0 spiro atoms. The van der Waals surface area contributed by atoms with E-state index < -0.39 is 0 Å². The topological polar surface area (TPSA) is 48.7 Å². The highest BCUT2D eigenvalue weighted by atomic mass is 79.9. The normalized spacial score (nSPS) is 10.0. The molecule has 1 aromatic carbocycles. The fourth-order valence-corrected chi connectivity index (χ4v) is 1.82. The van der Waals surface area contributed by atoms with Crippen molar-refractivity contribution in [3.8, 4) is 6.07 Å². The van der Waals surface area contributed by atoms with Crippen molar-refractivity contribution in [2.75, 3.05) is 5.32 Å². The molecule has 0 saturated heterocycles. The Morgan fingerprint density at radius 1 is 1.42 bits per heavy atom. The molecular formula is C14H11BrFN3. The maximum Gasteiger partial charge on any atom is 0.128 e. The molecule has 2 aromatic rings. The van der Waals surface area contributed by atoms with Crippen LogP contribution in [0.15, 0.2) is 34.9 Å². The second-order valence-electron chi connectivity index (χ2n) is 4.09. The number of rotatable bonds is 3. The van der Waals surface area contributed by atoms with Crippen LogP contribution < -0.4 is 5.32 Å². The first-order chi connectivity index (χ1) is 9.10. The monoisotopic (exact) mass is 319 g/mol. The molecule has 96 valence electrons. The third-order valence-corrected chi connectivity index (χ3v) is 3.51. The number of aromatic nitrogens is 1. The number of benzene rings is 1. The molecule has 3 nitrogen and oxygen atoms in total. The lowest BCUT2D eigenvalue weighted by atomic mass is 10.1. The van der Waals surface area contributed by atoms with Gasteiger partial charge in [0.25, 0.3) is 0 Å². The Hall–Kier alpha value is -1.93. The predicted molar refractivity (Wildman–Crippen MR) is 75.1 cm³/mol. The number of halogens is 2. The lowest BCUT2D eigenvalue weighted by Gasteiger charge is -2.08. The molecule has 0 unspecified atom stereocenters. The van der Waals surface area contributed by atoms with Crippen molar-refractivity contribution in [3.05, 3.63) is 57.4 Å². The number of nitrogens with zero attached hydrogens (tertiary/aromatic N) is 2. The van der Waals surface area contributed by atoms with Gasteiger partial charge in [-0.05, 0) is 52.7 Å². The van der Waals surface area contributed by atoms with Crippen molar-refractivity contribution < 1.29 is 4.39 Å². The zero-order chi connectivity index (χ0) is 13.8. The summed E-state index contributed by atoms with van der Waals surface area (Å²) in [4.78, 5) is 4.18. The summed E-state index contributed by atoms with van der Waals surface area (Å²) in [7, 11) is 0. The molecular weight excluding hydrogens is 309 g/mol. The van der Waals surface area contributed by atoms with Crippen molar-refractivity contribution in [2.24, 2.45) is 0 Å². The lowest BCUT2D eigenvalue weighted by molar-refractivity contribution is 0.612. The number of aryl methyl sites for hydroxylation is 1. The van der Waals surface area contributed by atoms with Crippen molar-refractivity contribution in [2.45, 2.75) is 13.5 Å². The highest BCUT2D eigenvalue weighted by Crippen LogP contribution is 2.18. The number of pyridine rings is 1. The Bertz CT molecular complexity index is 650. The number of hydrogen-bond acceptors (Lipinski definition) is 3. The Labute approximate surface area is 119 Å². The molecule has 0 fully saturated rings. The molecule has 0 atom stereocenters. The van der Waals surface area contributed by atoms with E-state index in [1.54, 1.807) is 6.20 Å². The Balaban J connectivity index is 2.14. The number of nitriles is 1. The molecule has 1 N–H and O–H groups in total. The largest absolute Gasteiger partial charge is 0.366 e. The molecule has 0 saturated carbocycles. The van der Waals surface area contributed by atoms with Crippen LogP contribution in [-0.2, 0) is 6.54 Å². The third-order valence-electron chi connectivity index (χ3n) is 2.68. The molecule has 0 aliphatic carbocycles. The average Bonchev–Trinajstić information content (AvgIpc) is 2.41. The molecule has 0 aliphatic rings. The van der Waals surface area contributed by atoms with E-state index in [9.17, 15) is 4.39 Å². The van der Waals surface area contributed by atoms with Gasteiger partial charge in [0, 0.05) is 22.8 Å². The van der Waals surface area contributed by atoms with Crippen LogP contribution in [0.1, 0.15) is 16.7 Å². The fourth-order valence-electron chi connectivity index (χ4n) is 1.60. The first-order valence-electron chi connectivity index (χ1n) is 5.64. The minimum Gasteiger partial charge on any atom is -0.366 e. The summed E-state index contributed by atoms with van der Waals surface area (Å²) < 4.78 is 14.5. The van der Waals surface area contributed by atoms with Crippen molar-refractivity contribution >= 4 is 21.7 Å². The first-order valence-corrected chi connectivity index (χ1v) is 6.44. The molecule has 19 heavy (non-hydrogen) atoms. The molecule has 1 aromatic heterocycles. The molecule has 0 bridgehead atoms. The van der Waals surface area contributed by atoms with E-state index in [1.165, 1.54) is 18.2 Å². The lowest BCUT2D eigenvalue weighted by Crippen LogP contribution is -2.04. The van der Waals surface area contributed by atoms with Crippen LogP contribution in [0.25, 0.3) is 0 Å². The van der Waals surface area contributed by atoms with Crippen LogP contribution in [0.3, 0.4) is 0 Å². The minimum absolute atomic E-state index is 0.287. The molecule has 0 radical (unpaired) electrons. The summed E-state index contributed by atoms with van der Waals surface area (Å²) in [5.41, 5.74) is 1.93. The smallest absolute Gasteiger partial charge is 0.128 e. The molecule has 0 aliphatic heterocycles. The van der Waals surface area contributed by atoms with Crippen LogP contribution in [0.4, 0.5) is 10.2 Å². The van der Waals surface area contributed by atoms with Gasteiger partial charge < -0.3 is 5.32 Å². The van der Waals surface area contributed by atoms with Crippen LogP contribution in [0.2, 0.25) is 0 Å². The average molecular weight is 320 g/mol. The van der Waals surface area contributed by atoms with Gasteiger partial charge in [0.1, 0.15) is 11.6 Å². The van der Waals surface area contributed by atoms with E-state index in [-0.39, 0.29) is 12.4 Å². The van der Waals surface area contributed by atoms with Gasteiger partial charge in [0.15, 0.2) is 0 Å². The van der Waals surface area contributed by atoms with Gasteiger partial charge in [-0.3, -0.25) is 0 Å². The summed E-state index contributed by atoms with van der Waals surface area (Å²) in [6, 6.07) is 8.16. The number of nitrogens with one attached hydrogen (secondary N) is 1. The fraction of sp³-hybridized carbons (Fsp3) is 0.143. The maximum atomic E-state index is 13.6. The van der Waals surface area contributed by atoms with Gasteiger partial charge in [0.05, 0.1) is 11.6 Å². The molecule has 2 rings (SSSR count). The van der Waals surface area contributed by atoms with E-state index in [1.807, 2.05) is 19.1 Å². The van der Waals surface area contributed by atoms with Crippen LogP contribution in [-0.4, -0.2) is 4.98 Å². The molecule has 5 heteroatoms. The maximum absolute atomic E-state index is 13.6. The minimum atomic E-state index is -0.333. The quantitative estimate of drug-likeness (QED) is 0.936. The Kier molecular flexibility index (Phi) is 4.13. The van der Waals surface area contributed by atoms with Gasteiger partial charge in [-0.2, -0.15) is 5.26 Å². The van der Waals surface area contributed by atoms with E-state index in [0.717, 1.165) is 10.0 Å². The third kappa shape index (κ3) is 3.30. The molecule has 0 amide bonds. The second kappa shape index (κ2) is 5.81. The van der Waals surface area contributed by atoms with E-state index >= 15 is 0 Å². The van der Waals surface area contributed by atoms with Gasteiger partial charge in [-0.25, -0.2) is 9.37 Å². The second-order valence-corrected chi connectivity index (χ2v) is 4.94. The van der Waals surface area contributed by atoms with Gasteiger partial charge in [-0.15, -0.1) is 0 Å². The zero-order valence-electron chi connectivity index (χ0n) is 10.2. The highest BCUT2D eigenvalue weighted by molar-refractivity contribution is 9.10. The molecule has 1 heterocycles. The van der Waals surface area contributed by atoms with Crippen LogP contribution >= 0.6 is 15.9 Å². The summed E-state index contributed by atoms with van der Waals surface area (Å²) in [6.07, 6.45) is 1.69. The van der Waals surface area contributed by atoms with E-state index in [0.29, 0.717) is 16.9 Å². The van der Waals surface area contributed by atoms with Crippen molar-refractivity contribution in [1.29, 1.82) is 5.26 Å². The van der Waals surface area contributed by atoms with Gasteiger partial charge in [0.2, 0.25) is 0 Å². The standard InChI is InChI=1S/C14H11BrFN3/c1-9-4-14(19-8-12(9)15)18-7-11-5-10(6-17)2-3-13(11)16/h2-5,8H,7H2,1H3,(H,18,19). The highest BCUT2D eigenvalue weighted by Gasteiger charge is 2.04. The van der Waals surface area contributed by atoms with E-state index in [4.69, 9.17) is 5.26 Å². The number of hydrogen-bond donors (Lipinski definition) is 1. The summed E-state index contributed by atoms with van der Waals surface area (Å²) in [6.45, 7) is 2.24. The van der Waals surface area contributed by atoms with Crippen LogP contribution in [0.5, 0.6) is 0 Å². The summed E-state index contributed by atoms with van der Waals surface area (Å²) in [5, 5.41) is 11.8. The Morgan fingerprint density at radius 2 is 2.21 bits per heavy atom. The SMILES string of the molecule is Cc1cc(NCc2cc(C#N)ccc2F)ncc1Br. The summed E-state index contributed by atoms with van der Waals surface area (Å²) >= 11 is 3.37. The van der Waals surface area contributed by atoms with Gasteiger partial charge >= 0.3 is 0 Å². The first kappa shape index (κ1) is 13.5. The predicted octanol–water partition coefficient (Wildman–Crippen LogP) is 3.78. The Morgan fingerprint density at radius 3 is 2.89 bits per heavy atom.